The number of phenols is 1. The molecule has 144 valence electrons. The van der Waals surface area contributed by atoms with Gasteiger partial charge in [-0.25, -0.2) is 9.67 Å². The number of thiazole rings is 1. The number of aromatic nitrogens is 3. The largest absolute Gasteiger partial charge is 0.506 e. The van der Waals surface area contributed by atoms with Crippen LogP contribution in [0.4, 0.5) is 21.6 Å². The van der Waals surface area contributed by atoms with E-state index in [4.69, 9.17) is 11.6 Å². The Hall–Kier alpha value is -3.43. The van der Waals surface area contributed by atoms with E-state index in [0.717, 1.165) is 5.56 Å². The molecule has 0 aliphatic heterocycles. The third-order valence-corrected chi connectivity index (χ3v) is 4.99. The van der Waals surface area contributed by atoms with Crippen molar-refractivity contribution in [3.63, 3.8) is 0 Å². The van der Waals surface area contributed by atoms with Crippen LogP contribution in [0.1, 0.15) is 0 Å². The fourth-order valence-corrected chi connectivity index (χ4v) is 3.32. The number of azo groups is 2. The number of hydrogen-bond donors (Lipinski definition) is 1. The predicted molar refractivity (Wildman–Crippen MR) is 112 cm³/mol. The molecule has 1 N–H and O–H groups in total. The number of halogens is 1. The van der Waals surface area contributed by atoms with E-state index in [0.29, 0.717) is 27.3 Å². The SMILES string of the molecule is Cn1nccc1/N=N/c1sc(/N=N/c2ccc(O)c(Cl)c2)nc1-c1ccccc1. The summed E-state index contributed by atoms with van der Waals surface area (Å²) in [6, 6.07) is 16.0. The molecule has 0 spiro atoms. The monoisotopic (exact) mass is 423 g/mol. The molecule has 0 amide bonds. The number of aryl methyl sites for hydroxylation is 1. The number of benzene rings is 2. The quantitative estimate of drug-likeness (QED) is 0.360. The molecule has 0 unspecified atom stereocenters. The molecule has 0 fully saturated rings. The highest BCUT2D eigenvalue weighted by molar-refractivity contribution is 7.19. The molecular weight excluding hydrogens is 410 g/mol. The summed E-state index contributed by atoms with van der Waals surface area (Å²) in [7, 11) is 1.79. The van der Waals surface area contributed by atoms with Gasteiger partial charge in [-0.2, -0.15) is 5.10 Å². The summed E-state index contributed by atoms with van der Waals surface area (Å²) in [5.41, 5.74) is 2.07. The number of aromatic hydroxyl groups is 1. The lowest BCUT2D eigenvalue weighted by atomic mass is 10.2. The first-order valence-corrected chi connectivity index (χ1v) is 9.66. The average Bonchev–Trinajstić information content (AvgIpc) is 3.33. The molecule has 0 aliphatic carbocycles. The second-order valence-corrected chi connectivity index (χ2v) is 7.23. The van der Waals surface area contributed by atoms with Gasteiger partial charge in [0.25, 0.3) is 0 Å². The molecule has 0 saturated carbocycles. The summed E-state index contributed by atoms with van der Waals surface area (Å²) < 4.78 is 1.63. The fraction of sp³-hybridized carbons (Fsp3) is 0.0526. The second-order valence-electron chi connectivity index (χ2n) is 5.86. The fourth-order valence-electron chi connectivity index (χ4n) is 2.42. The Morgan fingerprint density at radius 3 is 2.55 bits per heavy atom. The zero-order chi connectivity index (χ0) is 20.2. The van der Waals surface area contributed by atoms with Gasteiger partial charge in [0.15, 0.2) is 10.8 Å². The molecule has 4 aromatic rings. The Morgan fingerprint density at radius 2 is 1.83 bits per heavy atom. The van der Waals surface area contributed by atoms with E-state index in [1.165, 1.54) is 23.5 Å². The summed E-state index contributed by atoms with van der Waals surface area (Å²) in [5.74, 6) is 0.614. The molecule has 2 heterocycles. The van der Waals surface area contributed by atoms with E-state index < -0.39 is 0 Å². The first-order chi connectivity index (χ1) is 14.1. The van der Waals surface area contributed by atoms with Crippen molar-refractivity contribution in [2.75, 3.05) is 0 Å². The third kappa shape index (κ3) is 4.36. The van der Waals surface area contributed by atoms with Crippen molar-refractivity contribution < 1.29 is 5.11 Å². The molecule has 0 atom stereocenters. The van der Waals surface area contributed by atoms with E-state index >= 15 is 0 Å². The Morgan fingerprint density at radius 1 is 1.00 bits per heavy atom. The molecule has 0 saturated heterocycles. The van der Waals surface area contributed by atoms with E-state index in [9.17, 15) is 5.11 Å². The van der Waals surface area contributed by atoms with Gasteiger partial charge in [-0.15, -0.1) is 20.5 Å². The summed E-state index contributed by atoms with van der Waals surface area (Å²) in [6.07, 6.45) is 1.65. The van der Waals surface area contributed by atoms with Crippen molar-refractivity contribution in [1.29, 1.82) is 0 Å². The van der Waals surface area contributed by atoms with Gasteiger partial charge >= 0.3 is 0 Å². The lowest BCUT2D eigenvalue weighted by molar-refractivity contribution is 0.475. The van der Waals surface area contributed by atoms with Crippen LogP contribution in [0.3, 0.4) is 0 Å². The van der Waals surface area contributed by atoms with Crippen LogP contribution in [0.2, 0.25) is 5.02 Å². The Labute approximate surface area is 174 Å². The standard InChI is InChI=1S/C19H14ClN7OS/c1-27-16(9-10-21-27)24-25-18-17(12-5-3-2-4-6-12)22-19(29-18)26-23-13-7-8-15(28)14(20)11-13/h2-11,28H,1H3/b25-24+,26-23+. The lowest BCUT2D eigenvalue weighted by Crippen LogP contribution is -1.86. The maximum atomic E-state index is 9.51. The molecule has 10 heteroatoms. The summed E-state index contributed by atoms with van der Waals surface area (Å²) >= 11 is 7.17. The van der Waals surface area contributed by atoms with Gasteiger partial charge < -0.3 is 5.11 Å². The third-order valence-electron chi connectivity index (χ3n) is 3.87. The van der Waals surface area contributed by atoms with Gasteiger partial charge in [0.05, 0.1) is 16.9 Å². The van der Waals surface area contributed by atoms with Gasteiger partial charge in [0, 0.05) is 18.7 Å². The van der Waals surface area contributed by atoms with E-state index in [1.54, 1.807) is 30.1 Å². The van der Waals surface area contributed by atoms with Gasteiger partial charge in [0.1, 0.15) is 11.4 Å². The van der Waals surface area contributed by atoms with Crippen molar-refractivity contribution in [2.24, 2.45) is 27.5 Å². The van der Waals surface area contributed by atoms with E-state index in [-0.39, 0.29) is 10.8 Å². The van der Waals surface area contributed by atoms with Crippen LogP contribution in [0, 0.1) is 0 Å². The number of rotatable bonds is 5. The van der Waals surface area contributed by atoms with Crippen molar-refractivity contribution in [2.45, 2.75) is 0 Å². The summed E-state index contributed by atoms with van der Waals surface area (Å²) in [6.45, 7) is 0. The first-order valence-electron chi connectivity index (χ1n) is 8.46. The molecule has 29 heavy (non-hydrogen) atoms. The Kier molecular flexibility index (Phi) is 5.41. The highest BCUT2D eigenvalue weighted by Crippen LogP contribution is 2.40. The average molecular weight is 424 g/mol. The lowest BCUT2D eigenvalue weighted by Gasteiger charge is -1.97. The van der Waals surface area contributed by atoms with Crippen LogP contribution in [-0.4, -0.2) is 19.9 Å². The highest BCUT2D eigenvalue weighted by Gasteiger charge is 2.13. The smallest absolute Gasteiger partial charge is 0.232 e. The number of nitrogens with zero attached hydrogens (tertiary/aromatic N) is 7. The predicted octanol–water partition coefficient (Wildman–Crippen LogP) is 6.73. The van der Waals surface area contributed by atoms with Gasteiger partial charge in [-0.1, -0.05) is 53.3 Å². The van der Waals surface area contributed by atoms with Crippen LogP contribution < -0.4 is 0 Å². The van der Waals surface area contributed by atoms with Crippen molar-refractivity contribution in [1.82, 2.24) is 14.8 Å². The Balaban J connectivity index is 1.69. The minimum atomic E-state index is -0.0101. The number of hydrogen-bond acceptors (Lipinski definition) is 8. The maximum Gasteiger partial charge on any atom is 0.232 e. The molecular formula is C19H14ClN7OS. The second kappa shape index (κ2) is 8.29. The first kappa shape index (κ1) is 18.9. The van der Waals surface area contributed by atoms with Crippen molar-refractivity contribution in [3.8, 4) is 17.0 Å². The van der Waals surface area contributed by atoms with Crippen LogP contribution in [-0.2, 0) is 7.05 Å². The molecule has 2 aromatic heterocycles. The maximum absolute atomic E-state index is 9.51. The molecule has 0 bridgehead atoms. The topological polar surface area (TPSA) is 100 Å². The minimum absolute atomic E-state index is 0.0101. The van der Waals surface area contributed by atoms with Crippen LogP contribution >= 0.6 is 22.9 Å². The van der Waals surface area contributed by atoms with Crippen LogP contribution in [0.25, 0.3) is 11.3 Å². The molecule has 8 nitrogen and oxygen atoms in total. The zero-order valence-corrected chi connectivity index (χ0v) is 16.7. The molecule has 4 rings (SSSR count). The normalized spacial score (nSPS) is 11.7. The van der Waals surface area contributed by atoms with Crippen molar-refractivity contribution >= 4 is 44.6 Å². The molecule has 0 aliphatic rings. The van der Waals surface area contributed by atoms with Gasteiger partial charge in [-0.05, 0) is 18.2 Å². The van der Waals surface area contributed by atoms with Crippen LogP contribution in [0.5, 0.6) is 5.75 Å². The van der Waals surface area contributed by atoms with Crippen molar-refractivity contribution in [3.05, 3.63) is 65.8 Å². The summed E-state index contributed by atoms with van der Waals surface area (Å²) in [5, 5.41) is 31.8. The number of phenolic OH excluding ortho intramolecular Hbond substituents is 1. The van der Waals surface area contributed by atoms with Gasteiger partial charge in [0.2, 0.25) is 5.13 Å². The van der Waals surface area contributed by atoms with E-state index in [1.807, 2.05) is 30.3 Å². The van der Waals surface area contributed by atoms with Crippen LogP contribution in [0.15, 0.2) is 81.3 Å². The minimum Gasteiger partial charge on any atom is -0.506 e. The highest BCUT2D eigenvalue weighted by atomic mass is 35.5. The summed E-state index contributed by atoms with van der Waals surface area (Å²) in [4.78, 5) is 4.56. The van der Waals surface area contributed by atoms with Gasteiger partial charge in [-0.3, -0.25) is 0 Å². The van der Waals surface area contributed by atoms with E-state index in [2.05, 4.69) is 30.5 Å². The molecule has 2 aromatic carbocycles. The zero-order valence-electron chi connectivity index (χ0n) is 15.1. The Bertz CT molecular complexity index is 1200. The molecule has 0 radical (unpaired) electrons.